The molecule has 0 saturated heterocycles. The van der Waals surface area contributed by atoms with Crippen molar-refractivity contribution in [3.8, 4) is 23.1 Å². The molecule has 4 rings (SSSR count). The predicted octanol–water partition coefficient (Wildman–Crippen LogP) is 5.99. The van der Waals surface area contributed by atoms with Gasteiger partial charge in [-0.15, -0.1) is 0 Å². The maximum Gasteiger partial charge on any atom is 0.219 e. The van der Waals surface area contributed by atoms with Gasteiger partial charge >= 0.3 is 0 Å². The molecule has 0 bridgehead atoms. The van der Waals surface area contributed by atoms with Crippen LogP contribution in [0, 0.1) is 0 Å². The largest absolute Gasteiger partial charge is 0.497 e. The molecule has 0 unspecified atom stereocenters. The zero-order valence-corrected chi connectivity index (χ0v) is 17.6. The quantitative estimate of drug-likeness (QED) is 0.347. The Morgan fingerprint density at radius 1 is 0.567 bits per heavy atom. The molecule has 0 aliphatic heterocycles. The van der Waals surface area contributed by atoms with E-state index in [1.165, 1.54) is 14.7 Å². The Bertz CT molecular complexity index is 1020. The molecule has 4 aromatic rings. The van der Waals surface area contributed by atoms with Gasteiger partial charge in [0.05, 0.1) is 25.1 Å². The van der Waals surface area contributed by atoms with E-state index in [4.69, 9.17) is 14.2 Å². The molecule has 30 heavy (non-hydrogen) atoms. The standard InChI is InChI=1S/C25H22NO3S/c1-27-19-6-12-22(13-7-19)30(23-14-8-20(28-2)9-15-23)24-16-10-21(11-17-24)29-25-5-3-4-18-26-25/h3-18H,1-2H3/q+1. The van der Waals surface area contributed by atoms with Crippen molar-refractivity contribution in [3.63, 3.8) is 0 Å². The first kappa shape index (κ1) is 19.9. The number of hydrogen-bond donors (Lipinski definition) is 0. The Kier molecular flexibility index (Phi) is 6.20. The summed E-state index contributed by atoms with van der Waals surface area (Å²) in [6.07, 6.45) is 1.72. The molecule has 3 aromatic carbocycles. The highest BCUT2D eigenvalue weighted by atomic mass is 32.2. The molecule has 1 aromatic heterocycles. The van der Waals surface area contributed by atoms with Gasteiger partial charge in [0.1, 0.15) is 17.2 Å². The summed E-state index contributed by atoms with van der Waals surface area (Å²) in [5.41, 5.74) is 0. The van der Waals surface area contributed by atoms with E-state index >= 15 is 0 Å². The maximum absolute atomic E-state index is 5.84. The van der Waals surface area contributed by atoms with Gasteiger partial charge in [-0.05, 0) is 78.9 Å². The molecule has 0 N–H and O–H groups in total. The molecule has 0 amide bonds. The number of methoxy groups -OCH3 is 2. The topological polar surface area (TPSA) is 40.6 Å². The van der Waals surface area contributed by atoms with Crippen LogP contribution in [-0.4, -0.2) is 19.2 Å². The highest BCUT2D eigenvalue weighted by Gasteiger charge is 2.29. The van der Waals surface area contributed by atoms with Gasteiger partial charge in [-0.3, -0.25) is 0 Å². The van der Waals surface area contributed by atoms with Crippen LogP contribution in [0.15, 0.2) is 112 Å². The first-order chi connectivity index (χ1) is 14.8. The molecule has 0 spiro atoms. The van der Waals surface area contributed by atoms with Crippen molar-refractivity contribution in [1.29, 1.82) is 0 Å². The molecule has 0 saturated carbocycles. The van der Waals surface area contributed by atoms with Crippen LogP contribution in [0.2, 0.25) is 0 Å². The number of rotatable bonds is 7. The number of nitrogens with zero attached hydrogens (tertiary/aromatic N) is 1. The zero-order chi connectivity index (χ0) is 20.8. The number of aromatic nitrogens is 1. The zero-order valence-electron chi connectivity index (χ0n) is 16.8. The van der Waals surface area contributed by atoms with Gasteiger partial charge in [-0.1, -0.05) is 6.07 Å². The van der Waals surface area contributed by atoms with Crippen LogP contribution < -0.4 is 14.2 Å². The summed E-state index contributed by atoms with van der Waals surface area (Å²) in [7, 11) is 3.09. The summed E-state index contributed by atoms with van der Waals surface area (Å²) < 4.78 is 16.5. The normalized spacial score (nSPS) is 10.6. The van der Waals surface area contributed by atoms with Gasteiger partial charge < -0.3 is 14.2 Å². The van der Waals surface area contributed by atoms with Crippen molar-refractivity contribution >= 4 is 10.9 Å². The maximum atomic E-state index is 5.84. The molecule has 4 nitrogen and oxygen atoms in total. The Balaban J connectivity index is 1.67. The van der Waals surface area contributed by atoms with E-state index in [0.717, 1.165) is 17.2 Å². The van der Waals surface area contributed by atoms with Crippen molar-refractivity contribution in [1.82, 2.24) is 4.98 Å². The third-order valence-corrected chi connectivity index (χ3v) is 6.74. The minimum Gasteiger partial charge on any atom is -0.497 e. The van der Waals surface area contributed by atoms with Gasteiger partial charge in [0.15, 0.2) is 14.7 Å². The summed E-state index contributed by atoms with van der Waals surface area (Å²) in [5, 5.41) is 0. The number of benzene rings is 3. The molecule has 0 aliphatic rings. The average Bonchev–Trinajstić information content (AvgIpc) is 2.82. The van der Waals surface area contributed by atoms with Crippen LogP contribution >= 0.6 is 0 Å². The van der Waals surface area contributed by atoms with Crippen LogP contribution in [0.3, 0.4) is 0 Å². The lowest BCUT2D eigenvalue weighted by Crippen LogP contribution is -2.05. The van der Waals surface area contributed by atoms with Crippen LogP contribution in [0.25, 0.3) is 0 Å². The summed E-state index contributed by atoms with van der Waals surface area (Å²) >= 11 is 0. The first-order valence-corrected chi connectivity index (χ1v) is 10.7. The molecule has 150 valence electrons. The van der Waals surface area contributed by atoms with E-state index in [0.29, 0.717) is 5.88 Å². The van der Waals surface area contributed by atoms with Gasteiger partial charge in [-0.25, -0.2) is 4.98 Å². The van der Waals surface area contributed by atoms with E-state index < -0.39 is 0 Å². The third kappa shape index (κ3) is 4.58. The highest BCUT2D eigenvalue weighted by Crippen LogP contribution is 2.34. The van der Waals surface area contributed by atoms with E-state index in [-0.39, 0.29) is 10.9 Å². The Morgan fingerprint density at radius 2 is 1.03 bits per heavy atom. The van der Waals surface area contributed by atoms with E-state index in [1.54, 1.807) is 20.4 Å². The van der Waals surface area contributed by atoms with Crippen molar-refractivity contribution < 1.29 is 14.2 Å². The van der Waals surface area contributed by atoms with Crippen molar-refractivity contribution in [3.05, 3.63) is 97.2 Å². The SMILES string of the molecule is COc1ccc([S+](c2ccc(OC)cc2)c2ccc(Oc3ccccn3)cc2)cc1. The van der Waals surface area contributed by atoms with Crippen LogP contribution in [0.1, 0.15) is 0 Å². The van der Waals surface area contributed by atoms with Crippen LogP contribution in [0.4, 0.5) is 0 Å². The van der Waals surface area contributed by atoms with Crippen molar-refractivity contribution in [2.45, 2.75) is 14.7 Å². The summed E-state index contributed by atoms with van der Waals surface area (Å²) in [6.45, 7) is 0. The molecule has 0 fully saturated rings. The van der Waals surface area contributed by atoms with Crippen LogP contribution in [-0.2, 0) is 10.9 Å². The summed E-state index contributed by atoms with van der Waals surface area (Å²) in [5.74, 6) is 3.02. The molecule has 0 aliphatic carbocycles. The number of pyridine rings is 1. The molecular weight excluding hydrogens is 394 g/mol. The molecule has 0 radical (unpaired) electrons. The van der Waals surface area contributed by atoms with Gasteiger partial charge in [0.25, 0.3) is 0 Å². The summed E-state index contributed by atoms with van der Waals surface area (Å²) in [6, 6.07) is 30.2. The lowest BCUT2D eigenvalue weighted by molar-refractivity contribution is 0.414. The fourth-order valence-electron chi connectivity index (χ4n) is 3.00. The summed E-state index contributed by atoms with van der Waals surface area (Å²) in [4.78, 5) is 7.82. The minimum atomic E-state index is -0.272. The minimum absolute atomic E-state index is 0.272. The second kappa shape index (κ2) is 9.37. The fourth-order valence-corrected chi connectivity index (χ4v) is 5.05. The van der Waals surface area contributed by atoms with E-state index in [2.05, 4.69) is 41.4 Å². The average molecular weight is 417 g/mol. The van der Waals surface area contributed by atoms with Crippen LogP contribution in [0.5, 0.6) is 23.1 Å². The van der Waals surface area contributed by atoms with Crippen molar-refractivity contribution in [2.75, 3.05) is 14.2 Å². The Morgan fingerprint density at radius 3 is 1.43 bits per heavy atom. The fraction of sp³-hybridized carbons (Fsp3) is 0.0800. The highest BCUT2D eigenvalue weighted by molar-refractivity contribution is 7.97. The van der Waals surface area contributed by atoms with Crippen molar-refractivity contribution in [2.24, 2.45) is 0 Å². The predicted molar refractivity (Wildman–Crippen MR) is 119 cm³/mol. The first-order valence-electron chi connectivity index (χ1n) is 9.48. The molecule has 0 atom stereocenters. The second-order valence-electron chi connectivity index (χ2n) is 6.40. The second-order valence-corrected chi connectivity index (χ2v) is 8.43. The molecule has 1 heterocycles. The Hall–Kier alpha value is -3.44. The lowest BCUT2D eigenvalue weighted by atomic mass is 10.3. The molecular formula is C25H22NO3S+. The molecule has 5 heteroatoms. The smallest absolute Gasteiger partial charge is 0.219 e. The number of ether oxygens (including phenoxy) is 3. The lowest BCUT2D eigenvalue weighted by Gasteiger charge is -2.10. The van der Waals surface area contributed by atoms with Gasteiger partial charge in [0, 0.05) is 12.3 Å². The van der Waals surface area contributed by atoms with Gasteiger partial charge in [-0.2, -0.15) is 0 Å². The monoisotopic (exact) mass is 416 g/mol. The van der Waals surface area contributed by atoms with E-state index in [9.17, 15) is 0 Å². The Labute approximate surface area is 179 Å². The van der Waals surface area contributed by atoms with Gasteiger partial charge in [0.2, 0.25) is 5.88 Å². The third-order valence-electron chi connectivity index (χ3n) is 4.51. The van der Waals surface area contributed by atoms with E-state index in [1.807, 2.05) is 54.6 Å². The number of hydrogen-bond acceptors (Lipinski definition) is 4.